The summed E-state index contributed by atoms with van der Waals surface area (Å²) in [6.45, 7) is 1.93. The number of nitrogens with zero attached hydrogens (tertiary/aromatic N) is 3. The molecule has 2 aromatic rings. The quantitative estimate of drug-likeness (QED) is 0.861. The molecule has 3 amide bonds. The Labute approximate surface area is 169 Å². The minimum Gasteiger partial charge on any atom is -0.349 e. The second kappa shape index (κ2) is 7.46. The first-order valence-electron chi connectivity index (χ1n) is 9.87. The predicted octanol–water partition coefficient (Wildman–Crippen LogP) is 3.67. The number of pyridine rings is 1. The zero-order valence-electron chi connectivity index (χ0n) is 16.9. The normalized spacial score (nSPS) is 22.6. The van der Waals surface area contributed by atoms with Crippen LogP contribution in [0.4, 0.5) is 14.9 Å². The molecule has 0 radical (unpaired) electrons. The predicted molar refractivity (Wildman–Crippen MR) is 109 cm³/mol. The van der Waals surface area contributed by atoms with Crippen LogP contribution in [0, 0.1) is 18.7 Å². The van der Waals surface area contributed by atoms with Crippen LogP contribution in [-0.2, 0) is 4.79 Å². The largest absolute Gasteiger partial charge is 0.349 e. The summed E-state index contributed by atoms with van der Waals surface area (Å²) in [5.74, 6) is -0.448. The fourth-order valence-electron chi connectivity index (χ4n) is 4.51. The molecular weight excluding hydrogens is 371 g/mol. The zero-order valence-corrected chi connectivity index (χ0v) is 16.9. The van der Waals surface area contributed by atoms with Gasteiger partial charge in [0.15, 0.2) is 0 Å². The fourth-order valence-corrected chi connectivity index (χ4v) is 4.51. The second-order valence-electron chi connectivity index (χ2n) is 8.13. The molecule has 0 spiro atoms. The van der Waals surface area contributed by atoms with Crippen molar-refractivity contribution in [1.82, 2.24) is 14.8 Å². The highest BCUT2D eigenvalue weighted by Gasteiger charge is 2.52. The Morgan fingerprint density at radius 3 is 2.69 bits per heavy atom. The number of fused-ring (bicyclic) bond motifs is 2. The monoisotopic (exact) mass is 396 g/mol. The maximum Gasteiger partial charge on any atom is 0.322 e. The molecule has 2 unspecified atom stereocenters. The first kappa shape index (κ1) is 19.4. The summed E-state index contributed by atoms with van der Waals surface area (Å²) in [7, 11) is 3.51. The highest BCUT2D eigenvalue weighted by Crippen LogP contribution is 2.43. The molecule has 1 aromatic heterocycles. The number of benzene rings is 1. The summed E-state index contributed by atoms with van der Waals surface area (Å²) in [4.78, 5) is 32.7. The molecule has 4 rings (SSSR count). The summed E-state index contributed by atoms with van der Waals surface area (Å²) in [5.41, 5.74) is 3.09. The molecule has 1 N–H and O–H groups in total. The third-order valence-corrected chi connectivity index (χ3v) is 6.04. The van der Waals surface area contributed by atoms with Crippen molar-refractivity contribution in [2.45, 2.75) is 38.3 Å². The van der Waals surface area contributed by atoms with Crippen molar-refractivity contribution in [1.29, 1.82) is 0 Å². The van der Waals surface area contributed by atoms with Gasteiger partial charge in [0, 0.05) is 43.6 Å². The molecule has 7 heteroatoms. The smallest absolute Gasteiger partial charge is 0.322 e. The second-order valence-corrected chi connectivity index (χ2v) is 8.13. The third kappa shape index (κ3) is 3.57. The van der Waals surface area contributed by atoms with E-state index in [1.54, 1.807) is 25.2 Å². The van der Waals surface area contributed by atoms with Crippen LogP contribution in [0.2, 0.25) is 0 Å². The number of aryl methyl sites for hydroxylation is 1. The lowest BCUT2D eigenvalue weighted by Gasteiger charge is -2.55. The number of urea groups is 1. The van der Waals surface area contributed by atoms with E-state index >= 15 is 0 Å². The molecule has 2 aliphatic rings. The van der Waals surface area contributed by atoms with E-state index in [0.717, 1.165) is 30.4 Å². The van der Waals surface area contributed by atoms with E-state index in [1.807, 2.05) is 30.0 Å². The Morgan fingerprint density at radius 1 is 1.21 bits per heavy atom. The number of aromatic nitrogens is 1. The van der Waals surface area contributed by atoms with Gasteiger partial charge < -0.3 is 15.1 Å². The maximum absolute atomic E-state index is 13.6. The molecule has 2 saturated heterocycles. The van der Waals surface area contributed by atoms with Gasteiger partial charge in [0.05, 0.1) is 12.1 Å². The fraction of sp³-hybridized carbons (Fsp3) is 0.409. The number of carbonyl (C=O) groups excluding carboxylic acids is 2. The van der Waals surface area contributed by atoms with Crippen LogP contribution in [0.25, 0.3) is 11.1 Å². The molecular formula is C22H25FN4O2. The summed E-state index contributed by atoms with van der Waals surface area (Å²) >= 11 is 0. The van der Waals surface area contributed by atoms with Gasteiger partial charge in [0.1, 0.15) is 5.82 Å². The van der Waals surface area contributed by atoms with Gasteiger partial charge in [-0.05, 0) is 55.5 Å². The average molecular weight is 396 g/mol. The minimum absolute atomic E-state index is 0.0408. The first-order chi connectivity index (χ1) is 13.8. The lowest BCUT2D eigenvalue weighted by Crippen LogP contribution is -2.67. The number of carbonyl (C=O) groups is 2. The van der Waals surface area contributed by atoms with Crippen molar-refractivity contribution < 1.29 is 14.0 Å². The van der Waals surface area contributed by atoms with E-state index in [9.17, 15) is 14.0 Å². The van der Waals surface area contributed by atoms with Gasteiger partial charge in [-0.15, -0.1) is 0 Å². The van der Waals surface area contributed by atoms with Crippen LogP contribution in [-0.4, -0.2) is 52.9 Å². The van der Waals surface area contributed by atoms with Gasteiger partial charge in [0.2, 0.25) is 5.91 Å². The number of halogens is 1. The number of anilines is 1. The molecule has 0 aliphatic carbocycles. The molecule has 2 fully saturated rings. The molecule has 3 heterocycles. The standard InChI is InChI=1S/C22H25FN4O2/c1-13-4-5-16(9-19(13)14-8-15(23)12-24-11-14)25-22(29)27-17-6-7-18(20(27)10-17)21(28)26(2)3/h4-5,8-9,11-12,17-18,20H,6-7,10H2,1-3H3,(H,25,29)/t17?,18?,20-/m1/s1. The SMILES string of the molecule is Cc1ccc(NC(=O)N2C3CCC(C(=O)N(C)C)[C@H]2C3)cc1-c1cncc(F)c1. The first-order valence-corrected chi connectivity index (χ1v) is 9.87. The lowest BCUT2D eigenvalue weighted by molar-refractivity contribution is -0.142. The Bertz CT molecular complexity index is 960. The molecule has 2 bridgehead atoms. The van der Waals surface area contributed by atoms with E-state index in [2.05, 4.69) is 10.3 Å². The van der Waals surface area contributed by atoms with Crippen molar-refractivity contribution in [3.63, 3.8) is 0 Å². The van der Waals surface area contributed by atoms with Crippen LogP contribution in [0.3, 0.4) is 0 Å². The third-order valence-electron chi connectivity index (χ3n) is 6.04. The topological polar surface area (TPSA) is 65.5 Å². The van der Waals surface area contributed by atoms with Gasteiger partial charge in [-0.1, -0.05) is 6.07 Å². The molecule has 0 saturated carbocycles. The van der Waals surface area contributed by atoms with Crippen LogP contribution in [0.15, 0.2) is 36.7 Å². The number of hydrogen-bond acceptors (Lipinski definition) is 3. The van der Waals surface area contributed by atoms with Gasteiger partial charge >= 0.3 is 6.03 Å². The van der Waals surface area contributed by atoms with Gasteiger partial charge in [-0.3, -0.25) is 9.78 Å². The number of hydrogen-bond donors (Lipinski definition) is 1. The highest BCUT2D eigenvalue weighted by molar-refractivity contribution is 5.92. The van der Waals surface area contributed by atoms with Crippen molar-refractivity contribution >= 4 is 17.6 Å². The van der Waals surface area contributed by atoms with Crippen molar-refractivity contribution in [3.8, 4) is 11.1 Å². The zero-order chi connectivity index (χ0) is 20.7. The van der Waals surface area contributed by atoms with Gasteiger partial charge in [-0.2, -0.15) is 0 Å². The summed E-state index contributed by atoms with van der Waals surface area (Å²) in [5, 5.41) is 2.96. The van der Waals surface area contributed by atoms with E-state index in [4.69, 9.17) is 0 Å². The number of piperidine rings is 1. The lowest BCUT2D eigenvalue weighted by atomic mass is 9.72. The molecule has 29 heavy (non-hydrogen) atoms. The Balaban J connectivity index is 1.52. The highest BCUT2D eigenvalue weighted by atomic mass is 19.1. The number of amides is 3. The summed E-state index contributed by atoms with van der Waals surface area (Å²) < 4.78 is 13.6. The van der Waals surface area contributed by atoms with E-state index in [0.29, 0.717) is 11.3 Å². The van der Waals surface area contributed by atoms with Crippen LogP contribution in [0.5, 0.6) is 0 Å². The Kier molecular flexibility index (Phi) is 4.98. The molecule has 3 atom stereocenters. The summed E-state index contributed by atoms with van der Waals surface area (Å²) in [6.07, 6.45) is 5.33. The molecule has 152 valence electrons. The van der Waals surface area contributed by atoms with Crippen molar-refractivity contribution in [3.05, 3.63) is 48.0 Å². The number of rotatable bonds is 3. The Hall–Kier alpha value is -2.96. The van der Waals surface area contributed by atoms with Crippen molar-refractivity contribution in [2.75, 3.05) is 19.4 Å². The van der Waals surface area contributed by atoms with Crippen LogP contribution in [0.1, 0.15) is 24.8 Å². The van der Waals surface area contributed by atoms with E-state index in [-0.39, 0.29) is 29.9 Å². The minimum atomic E-state index is -0.402. The molecule has 1 aromatic carbocycles. The van der Waals surface area contributed by atoms with Crippen molar-refractivity contribution in [2.24, 2.45) is 5.92 Å². The Morgan fingerprint density at radius 2 is 2.00 bits per heavy atom. The van der Waals surface area contributed by atoms with Gasteiger partial charge in [-0.25, -0.2) is 9.18 Å². The summed E-state index contributed by atoms with van der Waals surface area (Å²) in [6, 6.07) is 6.96. The maximum atomic E-state index is 13.6. The van der Waals surface area contributed by atoms with Gasteiger partial charge in [0.25, 0.3) is 0 Å². The average Bonchev–Trinajstić information content (AvgIpc) is 2.68. The molecule has 2 aliphatic heterocycles. The van der Waals surface area contributed by atoms with Crippen LogP contribution >= 0.6 is 0 Å². The van der Waals surface area contributed by atoms with E-state index < -0.39 is 5.82 Å². The van der Waals surface area contributed by atoms with E-state index in [1.165, 1.54) is 12.3 Å². The van der Waals surface area contributed by atoms with Crippen LogP contribution < -0.4 is 5.32 Å². The molecule has 6 nitrogen and oxygen atoms in total. The number of nitrogens with one attached hydrogen (secondary N) is 1.